The summed E-state index contributed by atoms with van der Waals surface area (Å²) >= 11 is 14.3. The van der Waals surface area contributed by atoms with Crippen LogP contribution in [-0.4, -0.2) is 44.4 Å². The summed E-state index contributed by atoms with van der Waals surface area (Å²) in [6.07, 6.45) is 7.06. The van der Waals surface area contributed by atoms with Crippen LogP contribution in [0.4, 0.5) is 5.00 Å². The number of amides is 2. The van der Waals surface area contributed by atoms with Gasteiger partial charge in [0.25, 0.3) is 11.8 Å². The van der Waals surface area contributed by atoms with Crippen molar-refractivity contribution in [3.05, 3.63) is 43.7 Å². The molecule has 0 bridgehead atoms. The van der Waals surface area contributed by atoms with Gasteiger partial charge < -0.3 is 15.4 Å². The van der Waals surface area contributed by atoms with Crippen molar-refractivity contribution >= 4 is 61.2 Å². The Hall–Kier alpha value is -1.81. The van der Waals surface area contributed by atoms with Crippen molar-refractivity contribution in [2.24, 2.45) is 11.3 Å². The Morgan fingerprint density at radius 1 is 1.07 bits per heavy atom. The summed E-state index contributed by atoms with van der Waals surface area (Å²) in [5, 5.41) is 6.81. The molecular weight excluding hydrogens is 603 g/mol. The first kappa shape index (κ1) is 32.1. The Morgan fingerprint density at radius 3 is 2.39 bits per heavy atom. The number of carbonyl (C=O) groups excluding carboxylic acids is 2. The summed E-state index contributed by atoms with van der Waals surface area (Å²) in [5.74, 6) is 0.0103. The predicted molar refractivity (Wildman–Crippen MR) is 168 cm³/mol. The lowest BCUT2D eigenvalue weighted by Gasteiger charge is -2.33. The molecule has 2 aliphatic rings. The molecule has 41 heavy (non-hydrogen) atoms. The molecule has 2 amide bonds. The molecule has 1 aliphatic carbocycles. The molecule has 4 rings (SSSR count). The molecule has 0 saturated carbocycles. The molecule has 226 valence electrons. The molecule has 11 heteroatoms. The van der Waals surface area contributed by atoms with Crippen LogP contribution in [0.25, 0.3) is 0 Å². The Morgan fingerprint density at radius 2 is 1.78 bits per heavy atom. The normalized spacial score (nSPS) is 20.0. The fourth-order valence-corrected chi connectivity index (χ4v) is 9.12. The van der Waals surface area contributed by atoms with Gasteiger partial charge >= 0.3 is 0 Å². The number of unbranched alkanes of at least 4 members (excludes halogenated alkanes) is 3. The maximum absolute atomic E-state index is 13.6. The van der Waals surface area contributed by atoms with Crippen LogP contribution in [0.5, 0.6) is 5.75 Å². The number of benzene rings is 1. The zero-order valence-corrected chi connectivity index (χ0v) is 27.3. The van der Waals surface area contributed by atoms with Gasteiger partial charge in [0.1, 0.15) is 5.00 Å². The molecule has 1 aromatic heterocycles. The summed E-state index contributed by atoms with van der Waals surface area (Å²) in [6, 6.07) is 2.61. The zero-order valence-electron chi connectivity index (χ0n) is 24.2. The van der Waals surface area contributed by atoms with Crippen LogP contribution in [0.15, 0.2) is 12.1 Å². The van der Waals surface area contributed by atoms with Crippen molar-refractivity contribution in [3.63, 3.8) is 0 Å². The number of ether oxygens (including phenoxy) is 1. The minimum absolute atomic E-state index is 0.0660. The highest BCUT2D eigenvalue weighted by Gasteiger charge is 2.36. The monoisotopic (exact) mass is 642 g/mol. The first-order chi connectivity index (χ1) is 19.3. The third kappa shape index (κ3) is 7.98. The van der Waals surface area contributed by atoms with Gasteiger partial charge in [-0.15, -0.1) is 11.3 Å². The molecule has 2 atom stereocenters. The second-order valence-corrected chi connectivity index (χ2v) is 16.4. The fourth-order valence-electron chi connectivity index (χ4n) is 5.53. The highest BCUT2D eigenvalue weighted by Crippen LogP contribution is 2.44. The van der Waals surface area contributed by atoms with Crippen LogP contribution in [0.1, 0.15) is 97.4 Å². The number of thiophene rings is 1. The number of anilines is 1. The molecule has 2 unspecified atom stereocenters. The number of nitrogens with one attached hydrogen (secondary N) is 2. The van der Waals surface area contributed by atoms with Gasteiger partial charge in [-0.1, -0.05) is 70.2 Å². The molecule has 2 N–H and O–H groups in total. The highest BCUT2D eigenvalue weighted by molar-refractivity contribution is 7.91. The van der Waals surface area contributed by atoms with Gasteiger partial charge in [-0.05, 0) is 61.1 Å². The summed E-state index contributed by atoms with van der Waals surface area (Å²) in [6.45, 7) is 9.30. The largest absolute Gasteiger partial charge is 0.490 e. The lowest BCUT2D eigenvalue weighted by Crippen LogP contribution is -2.36. The molecule has 2 heterocycles. The number of hydrogen-bond acceptors (Lipinski definition) is 6. The van der Waals surface area contributed by atoms with Crippen LogP contribution in [-0.2, 0) is 22.7 Å². The summed E-state index contributed by atoms with van der Waals surface area (Å²) in [4.78, 5) is 28.1. The highest BCUT2D eigenvalue weighted by atomic mass is 35.5. The van der Waals surface area contributed by atoms with Gasteiger partial charge in [0.2, 0.25) is 0 Å². The van der Waals surface area contributed by atoms with E-state index >= 15 is 0 Å². The van der Waals surface area contributed by atoms with E-state index in [0.29, 0.717) is 35.3 Å². The second kappa shape index (κ2) is 13.2. The van der Waals surface area contributed by atoms with Crippen molar-refractivity contribution < 1.29 is 22.7 Å². The smallest absolute Gasteiger partial charge is 0.256 e. The predicted octanol–water partition coefficient (Wildman–Crippen LogP) is 7.33. The minimum atomic E-state index is -3.16. The van der Waals surface area contributed by atoms with E-state index in [1.54, 1.807) is 0 Å². The quantitative estimate of drug-likeness (QED) is 0.264. The number of fused-ring (bicyclic) bond motifs is 1. The standard InChI is InChI=1S/C30H40Cl2N2O5S2/c1-5-6-7-8-12-39-26-22(31)14-18(15-23(26)32)27(35)34-29-25(28(36)33-20-11-13-41(37,38)17-20)21-10-9-19(30(2,3)4)16-24(21)40-29/h14-15,19-20H,5-13,16-17H2,1-4H3,(H,33,36)(H,34,35). The number of carbonyl (C=O) groups is 2. The van der Waals surface area contributed by atoms with Crippen LogP contribution >= 0.6 is 34.5 Å². The average Bonchev–Trinajstić information content (AvgIpc) is 3.42. The SMILES string of the molecule is CCCCCCOc1c(Cl)cc(C(=O)Nc2sc3c(c2C(=O)NC2CCS(=O)(=O)C2)CCC(C(C)(C)C)C3)cc1Cl. The third-order valence-corrected chi connectivity index (χ3v) is 11.5. The van der Waals surface area contributed by atoms with Crippen LogP contribution < -0.4 is 15.4 Å². The molecule has 1 fully saturated rings. The van der Waals surface area contributed by atoms with E-state index in [-0.39, 0.29) is 38.4 Å². The Labute approximate surface area is 257 Å². The van der Waals surface area contributed by atoms with E-state index in [0.717, 1.165) is 55.4 Å². The van der Waals surface area contributed by atoms with Crippen molar-refractivity contribution in [1.82, 2.24) is 5.32 Å². The average molecular weight is 644 g/mol. The van der Waals surface area contributed by atoms with Gasteiger partial charge in [0.15, 0.2) is 15.6 Å². The number of sulfone groups is 1. The first-order valence-corrected chi connectivity index (χ1v) is 17.8. The van der Waals surface area contributed by atoms with Crippen LogP contribution in [0.3, 0.4) is 0 Å². The van der Waals surface area contributed by atoms with E-state index in [9.17, 15) is 18.0 Å². The molecule has 0 spiro atoms. The molecule has 1 saturated heterocycles. The van der Waals surface area contributed by atoms with Gasteiger partial charge in [-0.2, -0.15) is 0 Å². The van der Waals surface area contributed by atoms with Gasteiger partial charge in [-0.3, -0.25) is 9.59 Å². The summed E-state index contributed by atoms with van der Waals surface area (Å²) in [5.41, 5.74) is 1.73. The number of rotatable bonds is 10. The van der Waals surface area contributed by atoms with E-state index in [4.69, 9.17) is 27.9 Å². The lowest BCUT2D eigenvalue weighted by molar-refractivity contribution is 0.0941. The van der Waals surface area contributed by atoms with Gasteiger partial charge in [0.05, 0.1) is 33.7 Å². The van der Waals surface area contributed by atoms with Crippen LogP contribution in [0.2, 0.25) is 10.0 Å². The molecule has 2 aromatic rings. The Bertz CT molecular complexity index is 1380. The van der Waals surface area contributed by atoms with Gasteiger partial charge in [-0.25, -0.2) is 8.42 Å². The van der Waals surface area contributed by atoms with Crippen molar-refractivity contribution in [3.8, 4) is 5.75 Å². The van der Waals surface area contributed by atoms with Crippen LogP contribution in [0, 0.1) is 11.3 Å². The van der Waals surface area contributed by atoms with Crippen molar-refractivity contribution in [2.45, 2.75) is 85.1 Å². The third-order valence-electron chi connectivity index (χ3n) is 8.02. The Balaban J connectivity index is 1.57. The van der Waals surface area contributed by atoms with Gasteiger partial charge in [0, 0.05) is 16.5 Å². The second-order valence-electron chi connectivity index (χ2n) is 12.2. The molecule has 0 radical (unpaired) electrons. The van der Waals surface area contributed by atoms with Crippen molar-refractivity contribution in [2.75, 3.05) is 23.4 Å². The number of hydrogen-bond donors (Lipinski definition) is 2. The summed E-state index contributed by atoms with van der Waals surface area (Å²) in [7, 11) is -3.16. The summed E-state index contributed by atoms with van der Waals surface area (Å²) < 4.78 is 29.8. The molecule has 1 aromatic carbocycles. The van der Waals surface area contributed by atoms with E-state index in [1.165, 1.54) is 23.5 Å². The fraction of sp³-hybridized carbons (Fsp3) is 0.600. The van der Waals surface area contributed by atoms with E-state index < -0.39 is 21.8 Å². The minimum Gasteiger partial charge on any atom is -0.490 e. The Kier molecular flexibility index (Phi) is 10.4. The van der Waals surface area contributed by atoms with E-state index in [2.05, 4.69) is 38.3 Å². The maximum Gasteiger partial charge on any atom is 0.256 e. The first-order valence-electron chi connectivity index (χ1n) is 14.4. The molecule has 7 nitrogen and oxygen atoms in total. The topological polar surface area (TPSA) is 102 Å². The zero-order chi connectivity index (χ0) is 29.9. The van der Waals surface area contributed by atoms with Crippen molar-refractivity contribution in [1.29, 1.82) is 0 Å². The molecule has 1 aliphatic heterocycles. The number of halogens is 2. The lowest BCUT2D eigenvalue weighted by atomic mass is 9.72. The van der Waals surface area contributed by atoms with E-state index in [1.807, 2.05) is 0 Å². The molecular formula is C30H40Cl2N2O5S2. The maximum atomic E-state index is 13.6.